The van der Waals surface area contributed by atoms with Gasteiger partial charge in [-0.1, -0.05) is 6.42 Å². The Hall–Kier alpha value is -1.21. The van der Waals surface area contributed by atoms with E-state index in [1.165, 1.54) is 12.1 Å². The molecule has 0 saturated heterocycles. The van der Waals surface area contributed by atoms with Crippen LogP contribution in [0.1, 0.15) is 29.6 Å². The number of thioether (sulfide) groups is 1. The van der Waals surface area contributed by atoms with Crippen molar-refractivity contribution in [2.45, 2.75) is 19.3 Å². The van der Waals surface area contributed by atoms with Crippen LogP contribution >= 0.6 is 27.7 Å². The standard InChI is InChI=1S/C14H19BrN2O3S/c1-21-8-4-2-3-7-16-14(20)17-12-9-10(13(18)19)5-6-11(12)15/h5-6,9H,2-4,7-8H2,1H3,(H,18,19)(H2,16,17,20). The number of benzene rings is 1. The molecule has 0 radical (unpaired) electrons. The minimum atomic E-state index is -1.03. The zero-order valence-corrected chi connectivity index (χ0v) is 14.2. The van der Waals surface area contributed by atoms with Crippen LogP contribution in [-0.2, 0) is 0 Å². The Morgan fingerprint density at radius 2 is 2.05 bits per heavy atom. The van der Waals surface area contributed by atoms with Gasteiger partial charge in [-0.25, -0.2) is 9.59 Å². The van der Waals surface area contributed by atoms with Gasteiger partial charge in [0.2, 0.25) is 0 Å². The van der Waals surface area contributed by atoms with Crippen molar-refractivity contribution in [3.8, 4) is 0 Å². The molecule has 7 heteroatoms. The molecule has 1 aromatic rings. The Morgan fingerprint density at radius 3 is 2.71 bits per heavy atom. The van der Waals surface area contributed by atoms with Gasteiger partial charge in [0.25, 0.3) is 0 Å². The van der Waals surface area contributed by atoms with Crippen molar-refractivity contribution >= 4 is 45.4 Å². The largest absolute Gasteiger partial charge is 0.478 e. The molecular formula is C14H19BrN2O3S. The fraction of sp³-hybridized carbons (Fsp3) is 0.429. The van der Waals surface area contributed by atoms with Crippen LogP contribution in [0, 0.1) is 0 Å². The van der Waals surface area contributed by atoms with E-state index in [4.69, 9.17) is 5.11 Å². The summed E-state index contributed by atoms with van der Waals surface area (Å²) in [7, 11) is 0. The Kier molecular flexibility index (Phi) is 8.22. The van der Waals surface area contributed by atoms with E-state index in [0.29, 0.717) is 16.7 Å². The molecule has 5 nitrogen and oxygen atoms in total. The zero-order chi connectivity index (χ0) is 15.7. The number of halogens is 1. The van der Waals surface area contributed by atoms with Gasteiger partial charge in [-0.3, -0.25) is 0 Å². The molecule has 0 atom stereocenters. The smallest absolute Gasteiger partial charge is 0.335 e. The van der Waals surface area contributed by atoms with Crippen molar-refractivity contribution < 1.29 is 14.7 Å². The average Bonchev–Trinajstić information content (AvgIpc) is 2.44. The Bertz CT molecular complexity index is 497. The van der Waals surface area contributed by atoms with Gasteiger partial charge in [-0.2, -0.15) is 11.8 Å². The average molecular weight is 375 g/mol. The van der Waals surface area contributed by atoms with Gasteiger partial charge >= 0.3 is 12.0 Å². The molecule has 0 aliphatic heterocycles. The van der Waals surface area contributed by atoms with E-state index in [9.17, 15) is 9.59 Å². The quantitative estimate of drug-likeness (QED) is 0.604. The molecule has 1 rings (SSSR count). The second-order valence-corrected chi connectivity index (χ2v) is 6.27. The van der Waals surface area contributed by atoms with Gasteiger partial charge in [-0.05, 0) is 59.0 Å². The first-order chi connectivity index (χ1) is 10.0. The van der Waals surface area contributed by atoms with E-state index in [1.54, 1.807) is 6.07 Å². The van der Waals surface area contributed by atoms with Crippen molar-refractivity contribution in [3.63, 3.8) is 0 Å². The van der Waals surface area contributed by atoms with E-state index in [2.05, 4.69) is 32.8 Å². The van der Waals surface area contributed by atoms with Crippen molar-refractivity contribution in [2.75, 3.05) is 23.9 Å². The molecule has 21 heavy (non-hydrogen) atoms. The van der Waals surface area contributed by atoms with Crippen LogP contribution in [-0.4, -0.2) is 35.7 Å². The molecular weight excluding hydrogens is 356 g/mol. The number of anilines is 1. The highest BCUT2D eigenvalue weighted by Gasteiger charge is 2.09. The highest BCUT2D eigenvalue weighted by molar-refractivity contribution is 9.10. The third-order valence-corrected chi connectivity index (χ3v) is 4.16. The summed E-state index contributed by atoms with van der Waals surface area (Å²) >= 11 is 5.10. The van der Waals surface area contributed by atoms with E-state index < -0.39 is 5.97 Å². The molecule has 2 amide bonds. The molecule has 0 saturated carbocycles. The van der Waals surface area contributed by atoms with Gasteiger partial charge in [0.05, 0.1) is 11.3 Å². The Morgan fingerprint density at radius 1 is 1.29 bits per heavy atom. The Labute approximate surface area is 137 Å². The number of rotatable bonds is 8. The van der Waals surface area contributed by atoms with Crippen LogP contribution < -0.4 is 10.6 Å². The van der Waals surface area contributed by atoms with E-state index >= 15 is 0 Å². The number of hydrogen-bond donors (Lipinski definition) is 3. The number of nitrogens with one attached hydrogen (secondary N) is 2. The number of amides is 2. The first kappa shape index (κ1) is 17.8. The van der Waals surface area contributed by atoms with Gasteiger partial charge in [0.15, 0.2) is 0 Å². The lowest BCUT2D eigenvalue weighted by Crippen LogP contribution is -2.29. The predicted molar refractivity (Wildman–Crippen MR) is 90.4 cm³/mol. The molecule has 116 valence electrons. The maximum Gasteiger partial charge on any atom is 0.335 e. The van der Waals surface area contributed by atoms with Crippen LogP contribution in [0.5, 0.6) is 0 Å². The molecule has 0 aliphatic rings. The van der Waals surface area contributed by atoms with Crippen LogP contribution in [0.4, 0.5) is 10.5 Å². The number of hydrogen-bond acceptors (Lipinski definition) is 3. The highest BCUT2D eigenvalue weighted by Crippen LogP contribution is 2.23. The molecule has 0 aliphatic carbocycles. The summed E-state index contributed by atoms with van der Waals surface area (Å²) in [6, 6.07) is 4.16. The molecule has 0 spiro atoms. The van der Waals surface area contributed by atoms with E-state index in [0.717, 1.165) is 25.0 Å². The van der Waals surface area contributed by atoms with Gasteiger partial charge in [0.1, 0.15) is 0 Å². The number of carbonyl (C=O) groups is 2. The maximum atomic E-state index is 11.7. The fourth-order valence-corrected chi connectivity index (χ4v) is 2.51. The first-order valence-electron chi connectivity index (χ1n) is 6.61. The minimum Gasteiger partial charge on any atom is -0.478 e. The second-order valence-electron chi connectivity index (χ2n) is 4.43. The summed E-state index contributed by atoms with van der Waals surface area (Å²) in [5.41, 5.74) is 0.570. The van der Waals surface area contributed by atoms with Gasteiger partial charge in [0, 0.05) is 11.0 Å². The Balaban J connectivity index is 2.40. The zero-order valence-electron chi connectivity index (χ0n) is 11.8. The van der Waals surface area contributed by atoms with Crippen molar-refractivity contribution in [1.82, 2.24) is 5.32 Å². The molecule has 0 fully saturated rings. The van der Waals surface area contributed by atoms with E-state index in [-0.39, 0.29) is 11.6 Å². The second kappa shape index (κ2) is 9.68. The number of carboxylic acid groups (broad SMARTS) is 1. The summed E-state index contributed by atoms with van der Waals surface area (Å²) in [5, 5.41) is 14.3. The summed E-state index contributed by atoms with van der Waals surface area (Å²) < 4.78 is 0.641. The third-order valence-electron chi connectivity index (χ3n) is 2.77. The summed E-state index contributed by atoms with van der Waals surface area (Å²) in [5.74, 6) is 0.112. The number of aromatic carboxylic acids is 1. The fourth-order valence-electron chi connectivity index (χ4n) is 1.67. The lowest BCUT2D eigenvalue weighted by atomic mass is 10.2. The number of urea groups is 1. The summed E-state index contributed by atoms with van der Waals surface area (Å²) in [6.45, 7) is 0.608. The molecule has 0 unspecified atom stereocenters. The lowest BCUT2D eigenvalue weighted by molar-refractivity contribution is 0.0697. The number of carboxylic acids is 1. The number of carbonyl (C=O) groups excluding carboxylic acids is 1. The highest BCUT2D eigenvalue weighted by atomic mass is 79.9. The SMILES string of the molecule is CSCCCCCNC(=O)Nc1cc(C(=O)O)ccc1Br. The molecule has 0 heterocycles. The van der Waals surface area contributed by atoms with Crippen LogP contribution in [0.25, 0.3) is 0 Å². The third kappa shape index (κ3) is 6.86. The van der Waals surface area contributed by atoms with Crippen LogP contribution in [0.15, 0.2) is 22.7 Å². The molecule has 1 aromatic carbocycles. The van der Waals surface area contributed by atoms with Gasteiger partial charge in [-0.15, -0.1) is 0 Å². The molecule has 0 aromatic heterocycles. The predicted octanol–water partition coefficient (Wildman–Crippen LogP) is 3.80. The van der Waals surface area contributed by atoms with Crippen molar-refractivity contribution in [2.24, 2.45) is 0 Å². The van der Waals surface area contributed by atoms with E-state index in [1.807, 2.05) is 11.8 Å². The minimum absolute atomic E-state index is 0.130. The first-order valence-corrected chi connectivity index (χ1v) is 8.80. The molecule has 0 bridgehead atoms. The monoisotopic (exact) mass is 374 g/mol. The normalized spacial score (nSPS) is 10.2. The van der Waals surface area contributed by atoms with Crippen molar-refractivity contribution in [1.29, 1.82) is 0 Å². The number of unbranched alkanes of at least 4 members (excludes halogenated alkanes) is 2. The van der Waals surface area contributed by atoms with Crippen molar-refractivity contribution in [3.05, 3.63) is 28.2 Å². The topological polar surface area (TPSA) is 78.4 Å². The van der Waals surface area contributed by atoms with Crippen LogP contribution in [0.2, 0.25) is 0 Å². The molecule has 3 N–H and O–H groups in total. The summed E-state index contributed by atoms with van der Waals surface area (Å²) in [4.78, 5) is 22.6. The van der Waals surface area contributed by atoms with Gasteiger partial charge < -0.3 is 15.7 Å². The lowest BCUT2D eigenvalue weighted by Gasteiger charge is -2.10. The van der Waals surface area contributed by atoms with Crippen LogP contribution in [0.3, 0.4) is 0 Å². The maximum absolute atomic E-state index is 11.7. The summed E-state index contributed by atoms with van der Waals surface area (Å²) in [6.07, 6.45) is 5.25.